The lowest BCUT2D eigenvalue weighted by molar-refractivity contribution is -0.135. The first-order valence-corrected chi connectivity index (χ1v) is 10.8. The van der Waals surface area contributed by atoms with Crippen molar-refractivity contribution in [3.8, 4) is 5.75 Å². The number of carbonyl (C=O) groups is 1. The van der Waals surface area contributed by atoms with Gasteiger partial charge in [-0.3, -0.25) is 9.69 Å². The molecule has 1 saturated heterocycles. The van der Waals surface area contributed by atoms with Gasteiger partial charge >= 0.3 is 5.76 Å². The second-order valence-corrected chi connectivity index (χ2v) is 8.77. The molecule has 0 aliphatic carbocycles. The maximum Gasteiger partial charge on any atom is 0.341 e. The molecule has 0 atom stereocenters. The van der Waals surface area contributed by atoms with Crippen molar-refractivity contribution < 1.29 is 31.1 Å². The van der Waals surface area contributed by atoms with E-state index in [0.29, 0.717) is 38.5 Å². The average Bonchev–Trinajstić information content (AvgIpc) is 2.74. The van der Waals surface area contributed by atoms with Crippen molar-refractivity contribution in [1.29, 1.82) is 0 Å². The number of carbonyl (C=O) groups excluding carboxylic acids is 1. The molecule has 1 aliphatic rings. The van der Waals surface area contributed by atoms with Crippen molar-refractivity contribution >= 4 is 15.7 Å². The highest BCUT2D eigenvalue weighted by Gasteiger charge is 2.26. The Morgan fingerprint density at radius 3 is 2.13 bits per heavy atom. The predicted octanol–water partition coefficient (Wildman–Crippen LogP) is 2.55. The van der Waals surface area contributed by atoms with E-state index in [1.54, 1.807) is 4.90 Å². The van der Waals surface area contributed by atoms with Crippen LogP contribution in [0, 0.1) is 5.82 Å². The van der Waals surface area contributed by atoms with Crippen molar-refractivity contribution in [2.45, 2.75) is 17.2 Å². The van der Waals surface area contributed by atoms with Gasteiger partial charge in [0.25, 0.3) is 5.91 Å². The number of sulfone groups is 1. The Morgan fingerprint density at radius 1 is 0.967 bits per heavy atom. The number of halogens is 3. The number of alkyl halides is 2. The van der Waals surface area contributed by atoms with Crippen LogP contribution < -0.4 is 4.74 Å². The molecule has 162 valence electrons. The van der Waals surface area contributed by atoms with Gasteiger partial charge in [-0.15, -0.1) is 0 Å². The van der Waals surface area contributed by atoms with E-state index < -0.39 is 20.5 Å². The fourth-order valence-electron chi connectivity index (χ4n) is 3.07. The smallest absolute Gasteiger partial charge is 0.341 e. The summed E-state index contributed by atoms with van der Waals surface area (Å²) in [5.74, 6) is -3.57. The molecule has 1 fully saturated rings. The van der Waals surface area contributed by atoms with Crippen LogP contribution in [0.15, 0.2) is 53.4 Å². The maximum absolute atomic E-state index is 12.9. The van der Waals surface area contributed by atoms with E-state index >= 15 is 0 Å². The lowest BCUT2D eigenvalue weighted by Gasteiger charge is -2.34. The molecule has 0 radical (unpaired) electrons. The number of nitrogens with zero attached hydrogens (tertiary/aromatic N) is 2. The Balaban J connectivity index is 1.46. The molecule has 0 aromatic heterocycles. The van der Waals surface area contributed by atoms with Gasteiger partial charge in [0, 0.05) is 32.7 Å². The zero-order valence-corrected chi connectivity index (χ0v) is 16.8. The van der Waals surface area contributed by atoms with Gasteiger partial charge in [0.05, 0.1) is 4.90 Å². The van der Waals surface area contributed by atoms with Crippen LogP contribution in [0.3, 0.4) is 0 Å². The van der Waals surface area contributed by atoms with Crippen LogP contribution in [-0.4, -0.2) is 62.7 Å². The van der Waals surface area contributed by atoms with Gasteiger partial charge in [0.1, 0.15) is 11.6 Å². The van der Waals surface area contributed by atoms with Crippen LogP contribution in [0.1, 0.15) is 5.56 Å². The summed E-state index contributed by atoms with van der Waals surface area (Å²) in [6.45, 7) is 2.61. The highest BCUT2D eigenvalue weighted by molar-refractivity contribution is 7.91. The Labute approximate surface area is 172 Å². The van der Waals surface area contributed by atoms with Crippen molar-refractivity contribution in [3.63, 3.8) is 0 Å². The van der Waals surface area contributed by atoms with Crippen LogP contribution in [0.5, 0.6) is 5.75 Å². The molecule has 1 heterocycles. The van der Waals surface area contributed by atoms with E-state index in [4.69, 9.17) is 4.74 Å². The minimum Gasteiger partial charge on any atom is -0.484 e. The first-order valence-electron chi connectivity index (χ1n) is 9.25. The molecule has 0 saturated carbocycles. The molecular weight excluding hydrogens is 421 g/mol. The molecule has 6 nitrogen and oxygen atoms in total. The number of rotatable bonds is 7. The molecule has 30 heavy (non-hydrogen) atoms. The van der Waals surface area contributed by atoms with Crippen LogP contribution in [-0.2, 0) is 21.2 Å². The summed E-state index contributed by atoms with van der Waals surface area (Å²) in [5.41, 5.74) is 0.794. The fraction of sp³-hybridized carbons (Fsp3) is 0.350. The summed E-state index contributed by atoms with van der Waals surface area (Å²) >= 11 is 0. The Morgan fingerprint density at radius 2 is 1.57 bits per heavy atom. The molecule has 1 amide bonds. The highest BCUT2D eigenvalue weighted by atomic mass is 32.2. The Hall–Kier alpha value is -2.59. The maximum atomic E-state index is 12.9. The van der Waals surface area contributed by atoms with Gasteiger partial charge in [-0.1, -0.05) is 12.1 Å². The number of ether oxygens (including phenoxy) is 1. The van der Waals surface area contributed by atoms with Gasteiger partial charge < -0.3 is 9.64 Å². The third kappa shape index (κ3) is 5.51. The molecule has 1 aliphatic heterocycles. The molecule has 2 aromatic rings. The van der Waals surface area contributed by atoms with Crippen LogP contribution in [0.4, 0.5) is 13.2 Å². The predicted molar refractivity (Wildman–Crippen MR) is 103 cm³/mol. The number of piperazine rings is 1. The van der Waals surface area contributed by atoms with E-state index in [2.05, 4.69) is 4.90 Å². The monoisotopic (exact) mass is 442 g/mol. The van der Waals surface area contributed by atoms with Crippen LogP contribution in [0.2, 0.25) is 0 Å². The summed E-state index contributed by atoms with van der Waals surface area (Å²) in [4.78, 5) is 15.6. The van der Waals surface area contributed by atoms with E-state index in [1.807, 2.05) is 0 Å². The number of hydrogen-bond donors (Lipinski definition) is 0. The molecule has 10 heteroatoms. The number of benzene rings is 2. The lowest BCUT2D eigenvalue weighted by Crippen LogP contribution is -2.49. The summed E-state index contributed by atoms with van der Waals surface area (Å²) in [5, 5.41) is 0. The molecule has 3 rings (SSSR count). The molecule has 0 spiro atoms. The van der Waals surface area contributed by atoms with Crippen LogP contribution in [0.25, 0.3) is 0 Å². The molecular formula is C20H21F3N2O4S. The molecule has 0 N–H and O–H groups in total. The summed E-state index contributed by atoms with van der Waals surface area (Å²) in [6.07, 6.45) is 0. The Kier molecular flexibility index (Phi) is 6.99. The third-order valence-corrected chi connectivity index (χ3v) is 6.19. The zero-order valence-electron chi connectivity index (χ0n) is 16.0. The SMILES string of the molecule is O=C(COc1ccc(F)cc1)N1CCN(Cc2ccc(S(=O)(=O)C(F)F)cc2)CC1. The summed E-state index contributed by atoms with van der Waals surface area (Å²) < 4.78 is 66.4. The molecule has 0 unspecified atom stereocenters. The average molecular weight is 442 g/mol. The zero-order chi connectivity index (χ0) is 21.7. The van der Waals surface area contributed by atoms with Gasteiger partial charge in [-0.25, -0.2) is 12.8 Å². The van der Waals surface area contributed by atoms with E-state index in [0.717, 1.165) is 5.56 Å². The molecule has 2 aromatic carbocycles. The van der Waals surface area contributed by atoms with Crippen molar-refractivity contribution in [2.75, 3.05) is 32.8 Å². The van der Waals surface area contributed by atoms with Crippen molar-refractivity contribution in [3.05, 3.63) is 59.9 Å². The van der Waals surface area contributed by atoms with Crippen molar-refractivity contribution in [2.24, 2.45) is 0 Å². The first kappa shape index (κ1) is 22.1. The van der Waals surface area contributed by atoms with Gasteiger partial charge in [-0.2, -0.15) is 8.78 Å². The topological polar surface area (TPSA) is 66.9 Å². The van der Waals surface area contributed by atoms with Crippen molar-refractivity contribution in [1.82, 2.24) is 9.80 Å². The number of amides is 1. The second-order valence-electron chi connectivity index (χ2n) is 6.85. The number of hydrogen-bond acceptors (Lipinski definition) is 5. The van der Waals surface area contributed by atoms with Gasteiger partial charge in [-0.05, 0) is 42.0 Å². The first-order chi connectivity index (χ1) is 14.3. The fourth-order valence-corrected chi connectivity index (χ4v) is 3.79. The van der Waals surface area contributed by atoms with E-state index in [1.165, 1.54) is 48.5 Å². The van der Waals surface area contributed by atoms with Gasteiger partial charge in [0.15, 0.2) is 6.61 Å². The summed E-state index contributed by atoms with van der Waals surface area (Å²) in [7, 11) is -4.59. The lowest BCUT2D eigenvalue weighted by atomic mass is 10.2. The normalized spacial score (nSPS) is 15.4. The molecule has 0 bridgehead atoms. The standard InChI is InChI=1S/C20H21F3N2O4S/c21-16-3-5-17(6-4-16)29-14-19(26)25-11-9-24(10-12-25)13-15-1-7-18(8-2-15)30(27,28)20(22)23/h1-8,20H,9-14H2. The van der Waals surface area contributed by atoms with Crippen LogP contribution >= 0.6 is 0 Å². The second kappa shape index (κ2) is 9.48. The third-order valence-electron chi connectivity index (χ3n) is 4.79. The highest BCUT2D eigenvalue weighted by Crippen LogP contribution is 2.19. The quantitative estimate of drug-likeness (QED) is 0.660. The van der Waals surface area contributed by atoms with E-state index in [9.17, 15) is 26.4 Å². The Bertz CT molecular complexity index is 959. The summed E-state index contributed by atoms with van der Waals surface area (Å²) in [6, 6.07) is 10.8. The minimum atomic E-state index is -4.59. The van der Waals surface area contributed by atoms with E-state index in [-0.39, 0.29) is 18.3 Å². The van der Waals surface area contributed by atoms with Gasteiger partial charge in [0.2, 0.25) is 9.84 Å². The minimum absolute atomic E-state index is 0.133. The largest absolute Gasteiger partial charge is 0.484 e.